The molecule has 7 nitrogen and oxygen atoms in total. The second kappa shape index (κ2) is 6.77. The summed E-state index contributed by atoms with van der Waals surface area (Å²) in [6.07, 6.45) is 1.36. The standard InChI is InChI=1S/C20H14N4O3/c21-9-13-5-7-14(8-6-13)10-22-17(25)11-24-12-23-18-15-3-1-2-4-16(15)27-19(18)20(24)26/h1-8,12H,10-11H2,(H,22,25). The number of para-hydroxylation sites is 1. The molecular weight excluding hydrogens is 344 g/mol. The average molecular weight is 358 g/mol. The molecule has 4 aromatic rings. The lowest BCUT2D eigenvalue weighted by Gasteiger charge is -2.07. The molecule has 27 heavy (non-hydrogen) atoms. The van der Waals surface area contributed by atoms with Crippen molar-refractivity contribution in [1.29, 1.82) is 5.26 Å². The number of nitrogens with one attached hydrogen (secondary N) is 1. The fourth-order valence-electron chi connectivity index (χ4n) is 2.84. The highest BCUT2D eigenvalue weighted by atomic mass is 16.3. The normalized spacial score (nSPS) is 10.8. The molecule has 0 unspecified atom stereocenters. The van der Waals surface area contributed by atoms with Crippen LogP contribution in [0.15, 0.2) is 64.1 Å². The Bertz CT molecular complexity index is 1250. The lowest BCUT2D eigenvalue weighted by atomic mass is 10.1. The van der Waals surface area contributed by atoms with Gasteiger partial charge < -0.3 is 9.73 Å². The van der Waals surface area contributed by atoms with E-state index in [1.807, 2.05) is 24.3 Å². The number of nitriles is 1. The number of aromatic nitrogens is 2. The molecule has 0 saturated heterocycles. The largest absolute Gasteiger partial charge is 0.448 e. The van der Waals surface area contributed by atoms with Crippen molar-refractivity contribution in [3.8, 4) is 6.07 Å². The molecule has 0 aliphatic rings. The maximum absolute atomic E-state index is 12.6. The average Bonchev–Trinajstić information content (AvgIpc) is 3.08. The van der Waals surface area contributed by atoms with Crippen molar-refractivity contribution in [2.24, 2.45) is 0 Å². The van der Waals surface area contributed by atoms with E-state index in [4.69, 9.17) is 9.68 Å². The van der Waals surface area contributed by atoms with Gasteiger partial charge in [0, 0.05) is 11.9 Å². The SMILES string of the molecule is N#Cc1ccc(CNC(=O)Cn2cnc3c(oc4ccccc43)c2=O)cc1. The van der Waals surface area contributed by atoms with Crippen LogP contribution in [0.3, 0.4) is 0 Å². The van der Waals surface area contributed by atoms with Gasteiger partial charge in [0.1, 0.15) is 17.6 Å². The lowest BCUT2D eigenvalue weighted by Crippen LogP contribution is -2.32. The fraction of sp³-hybridized carbons (Fsp3) is 0.100. The third kappa shape index (κ3) is 3.16. The van der Waals surface area contributed by atoms with Gasteiger partial charge >= 0.3 is 0 Å². The van der Waals surface area contributed by atoms with E-state index in [9.17, 15) is 9.59 Å². The highest BCUT2D eigenvalue weighted by Crippen LogP contribution is 2.23. The first-order chi connectivity index (χ1) is 13.2. The number of benzene rings is 2. The van der Waals surface area contributed by atoms with E-state index in [0.29, 0.717) is 23.2 Å². The minimum atomic E-state index is -0.398. The summed E-state index contributed by atoms with van der Waals surface area (Å²) in [4.78, 5) is 29.1. The van der Waals surface area contributed by atoms with Crippen LogP contribution in [0.25, 0.3) is 22.1 Å². The molecule has 132 valence electrons. The molecular formula is C20H14N4O3. The van der Waals surface area contributed by atoms with Crippen molar-refractivity contribution < 1.29 is 9.21 Å². The van der Waals surface area contributed by atoms with Gasteiger partial charge in [-0.2, -0.15) is 5.26 Å². The Morgan fingerprint density at radius 2 is 1.96 bits per heavy atom. The number of fused-ring (bicyclic) bond motifs is 3. The molecule has 1 amide bonds. The molecule has 0 aliphatic heterocycles. The third-order valence-corrected chi connectivity index (χ3v) is 4.24. The van der Waals surface area contributed by atoms with E-state index in [1.165, 1.54) is 10.9 Å². The van der Waals surface area contributed by atoms with Crippen molar-refractivity contribution in [3.63, 3.8) is 0 Å². The molecule has 2 heterocycles. The maximum Gasteiger partial charge on any atom is 0.297 e. The summed E-state index contributed by atoms with van der Waals surface area (Å²) >= 11 is 0. The van der Waals surface area contributed by atoms with Crippen LogP contribution in [0.4, 0.5) is 0 Å². The zero-order chi connectivity index (χ0) is 18.8. The Hall–Kier alpha value is -3.92. The number of amides is 1. The third-order valence-electron chi connectivity index (χ3n) is 4.24. The number of nitrogens with zero attached hydrogens (tertiary/aromatic N) is 3. The van der Waals surface area contributed by atoms with Crippen molar-refractivity contribution >= 4 is 28.0 Å². The molecule has 0 atom stereocenters. The molecule has 4 rings (SSSR count). The Kier molecular flexibility index (Phi) is 4.15. The number of furan rings is 1. The first-order valence-corrected chi connectivity index (χ1v) is 8.28. The van der Waals surface area contributed by atoms with Crippen LogP contribution in [0.5, 0.6) is 0 Å². The summed E-state index contributed by atoms with van der Waals surface area (Å²) in [6.45, 7) is 0.148. The Morgan fingerprint density at radius 1 is 1.19 bits per heavy atom. The van der Waals surface area contributed by atoms with Crippen LogP contribution in [-0.4, -0.2) is 15.5 Å². The lowest BCUT2D eigenvalue weighted by molar-refractivity contribution is -0.121. The van der Waals surface area contributed by atoms with Gasteiger partial charge in [0.15, 0.2) is 0 Å². The van der Waals surface area contributed by atoms with E-state index in [1.54, 1.807) is 30.3 Å². The molecule has 0 bridgehead atoms. The highest BCUT2D eigenvalue weighted by molar-refractivity contribution is 6.01. The van der Waals surface area contributed by atoms with E-state index in [-0.39, 0.29) is 18.0 Å². The zero-order valence-corrected chi connectivity index (χ0v) is 14.2. The van der Waals surface area contributed by atoms with Gasteiger partial charge in [0.25, 0.3) is 5.56 Å². The number of rotatable bonds is 4. The van der Waals surface area contributed by atoms with Crippen LogP contribution in [0, 0.1) is 11.3 Å². The van der Waals surface area contributed by atoms with Crippen LogP contribution in [0.1, 0.15) is 11.1 Å². The summed E-state index contributed by atoms with van der Waals surface area (Å²) in [5.74, 6) is -0.321. The second-order valence-electron chi connectivity index (χ2n) is 6.04. The van der Waals surface area contributed by atoms with Crippen LogP contribution >= 0.6 is 0 Å². The van der Waals surface area contributed by atoms with E-state index < -0.39 is 5.56 Å². The highest BCUT2D eigenvalue weighted by Gasteiger charge is 2.14. The summed E-state index contributed by atoms with van der Waals surface area (Å²) in [5, 5.41) is 12.3. The number of carbonyl (C=O) groups is 1. The number of hydrogen-bond acceptors (Lipinski definition) is 5. The van der Waals surface area contributed by atoms with Crippen LogP contribution in [0.2, 0.25) is 0 Å². The minimum Gasteiger partial charge on any atom is -0.448 e. The minimum absolute atomic E-state index is 0.138. The van der Waals surface area contributed by atoms with E-state index in [2.05, 4.69) is 10.3 Å². The van der Waals surface area contributed by atoms with Crippen molar-refractivity contribution in [2.45, 2.75) is 13.1 Å². The van der Waals surface area contributed by atoms with Gasteiger partial charge in [-0.3, -0.25) is 14.2 Å². The van der Waals surface area contributed by atoms with Crippen LogP contribution in [-0.2, 0) is 17.9 Å². The van der Waals surface area contributed by atoms with E-state index >= 15 is 0 Å². The summed E-state index contributed by atoms with van der Waals surface area (Å²) in [6, 6.07) is 16.2. The predicted molar refractivity (Wildman–Crippen MR) is 98.8 cm³/mol. The Balaban J connectivity index is 1.51. The summed E-state index contributed by atoms with van der Waals surface area (Å²) < 4.78 is 6.82. The second-order valence-corrected chi connectivity index (χ2v) is 6.04. The molecule has 0 saturated carbocycles. The predicted octanol–water partition coefficient (Wildman–Crippen LogP) is 2.33. The molecule has 0 fully saturated rings. The smallest absolute Gasteiger partial charge is 0.297 e. The summed E-state index contributed by atoms with van der Waals surface area (Å²) in [7, 11) is 0. The first-order valence-electron chi connectivity index (χ1n) is 8.28. The Morgan fingerprint density at radius 3 is 2.74 bits per heavy atom. The molecule has 2 aromatic heterocycles. The molecule has 0 aliphatic carbocycles. The van der Waals surface area contributed by atoms with Crippen LogP contribution < -0.4 is 10.9 Å². The van der Waals surface area contributed by atoms with Crippen molar-refractivity contribution in [1.82, 2.24) is 14.9 Å². The van der Waals surface area contributed by atoms with Gasteiger partial charge in [0.05, 0.1) is 18.0 Å². The molecule has 1 N–H and O–H groups in total. The zero-order valence-electron chi connectivity index (χ0n) is 14.2. The van der Waals surface area contributed by atoms with E-state index in [0.717, 1.165) is 10.9 Å². The van der Waals surface area contributed by atoms with Crippen molar-refractivity contribution in [2.75, 3.05) is 0 Å². The molecule has 0 spiro atoms. The summed E-state index contributed by atoms with van der Waals surface area (Å²) in [5.41, 5.74) is 2.23. The van der Waals surface area contributed by atoms with Gasteiger partial charge in [-0.25, -0.2) is 4.98 Å². The fourth-order valence-corrected chi connectivity index (χ4v) is 2.84. The molecule has 0 radical (unpaired) electrons. The van der Waals surface area contributed by atoms with Gasteiger partial charge in [-0.1, -0.05) is 24.3 Å². The monoisotopic (exact) mass is 358 g/mol. The quantitative estimate of drug-likeness (QED) is 0.603. The first kappa shape index (κ1) is 16.5. The van der Waals surface area contributed by atoms with Gasteiger partial charge in [0.2, 0.25) is 11.5 Å². The number of hydrogen-bond donors (Lipinski definition) is 1. The Labute approximate surface area is 153 Å². The van der Waals surface area contributed by atoms with Crippen molar-refractivity contribution in [3.05, 3.63) is 76.3 Å². The molecule has 7 heteroatoms. The molecule has 2 aromatic carbocycles. The maximum atomic E-state index is 12.6. The van der Waals surface area contributed by atoms with Gasteiger partial charge in [-0.05, 0) is 29.8 Å². The topological polar surface area (TPSA) is 101 Å². The number of carbonyl (C=O) groups excluding carboxylic acids is 1. The van der Waals surface area contributed by atoms with Gasteiger partial charge in [-0.15, -0.1) is 0 Å².